The number of nitrogens with one attached hydrogen (secondary N) is 1. The Morgan fingerprint density at radius 1 is 1.24 bits per heavy atom. The normalized spacial score (nSPS) is 12.7. The van der Waals surface area contributed by atoms with Gasteiger partial charge in [-0.25, -0.2) is 14.8 Å². The SMILES string of the molecule is CNC(=O)OCc1nc(N(C)C(C)C)cc2c1CN(c1cccc(-c3nncn3-c3ccnn3C)n1)C2=O. The van der Waals surface area contributed by atoms with Gasteiger partial charge >= 0.3 is 6.09 Å². The van der Waals surface area contributed by atoms with Crippen molar-refractivity contribution in [1.29, 1.82) is 0 Å². The molecule has 0 aromatic carbocycles. The number of hydrogen-bond donors (Lipinski definition) is 1. The minimum absolute atomic E-state index is 0.0653. The summed E-state index contributed by atoms with van der Waals surface area (Å²) in [6.45, 7) is 4.24. The first-order chi connectivity index (χ1) is 18.3. The highest BCUT2D eigenvalue weighted by Gasteiger charge is 2.34. The molecule has 1 aliphatic rings. The minimum Gasteiger partial charge on any atom is -0.443 e. The van der Waals surface area contributed by atoms with E-state index in [1.165, 1.54) is 7.05 Å². The van der Waals surface area contributed by atoms with Gasteiger partial charge in [-0.2, -0.15) is 5.10 Å². The number of ether oxygens (including phenoxy) is 1. The molecule has 0 aliphatic carbocycles. The van der Waals surface area contributed by atoms with Crippen LogP contribution in [-0.4, -0.2) is 66.7 Å². The van der Waals surface area contributed by atoms with Crippen LogP contribution in [0.4, 0.5) is 16.4 Å². The van der Waals surface area contributed by atoms with E-state index in [2.05, 4.69) is 20.6 Å². The molecule has 0 fully saturated rings. The number of alkyl carbamates (subject to hydrolysis) is 1. The lowest BCUT2D eigenvalue weighted by atomic mass is 10.1. The van der Waals surface area contributed by atoms with Gasteiger partial charge in [-0.05, 0) is 32.0 Å². The highest BCUT2D eigenvalue weighted by Crippen LogP contribution is 2.33. The summed E-state index contributed by atoms with van der Waals surface area (Å²) < 4.78 is 8.79. The number of rotatable bonds is 7. The predicted octanol–water partition coefficient (Wildman–Crippen LogP) is 2.32. The van der Waals surface area contributed by atoms with E-state index in [0.717, 1.165) is 5.82 Å². The second-order valence-corrected chi connectivity index (χ2v) is 9.09. The van der Waals surface area contributed by atoms with E-state index in [-0.39, 0.29) is 25.1 Å². The van der Waals surface area contributed by atoms with E-state index in [4.69, 9.17) is 14.7 Å². The van der Waals surface area contributed by atoms with Crippen LogP contribution in [0.15, 0.2) is 42.9 Å². The molecule has 2 amide bonds. The van der Waals surface area contributed by atoms with Gasteiger partial charge in [0.05, 0.1) is 24.0 Å². The van der Waals surface area contributed by atoms with Crippen LogP contribution in [0.25, 0.3) is 17.3 Å². The van der Waals surface area contributed by atoms with Crippen molar-refractivity contribution in [2.45, 2.75) is 33.0 Å². The Bertz CT molecular complexity index is 1510. The first-order valence-electron chi connectivity index (χ1n) is 12.1. The molecule has 1 N–H and O–H groups in total. The minimum atomic E-state index is -0.573. The molecule has 5 rings (SSSR count). The largest absolute Gasteiger partial charge is 0.443 e. The maximum atomic E-state index is 13.7. The van der Waals surface area contributed by atoms with Crippen molar-refractivity contribution in [3.63, 3.8) is 0 Å². The summed E-state index contributed by atoms with van der Waals surface area (Å²) in [7, 11) is 5.22. The van der Waals surface area contributed by atoms with Gasteiger partial charge in [0.25, 0.3) is 5.91 Å². The molecule has 0 radical (unpaired) electrons. The Morgan fingerprint density at radius 3 is 2.76 bits per heavy atom. The topological polar surface area (TPSA) is 136 Å². The summed E-state index contributed by atoms with van der Waals surface area (Å²) in [5, 5.41) is 15.0. The quantitative estimate of drug-likeness (QED) is 0.392. The third kappa shape index (κ3) is 4.42. The van der Waals surface area contributed by atoms with E-state index in [1.54, 1.807) is 38.8 Å². The zero-order chi connectivity index (χ0) is 27.0. The fraction of sp³-hybridized carbons (Fsp3) is 0.320. The number of aromatic nitrogens is 7. The van der Waals surface area contributed by atoms with Crippen LogP contribution < -0.4 is 15.1 Å². The summed E-state index contributed by atoms with van der Waals surface area (Å²) >= 11 is 0. The smallest absolute Gasteiger partial charge is 0.407 e. The Balaban J connectivity index is 1.51. The molecule has 38 heavy (non-hydrogen) atoms. The van der Waals surface area contributed by atoms with Gasteiger partial charge in [-0.3, -0.25) is 18.9 Å². The lowest BCUT2D eigenvalue weighted by Gasteiger charge is -2.23. The average molecular weight is 517 g/mol. The van der Waals surface area contributed by atoms with E-state index in [1.807, 2.05) is 51.0 Å². The number of hydrogen-bond acceptors (Lipinski definition) is 9. The second kappa shape index (κ2) is 9.92. The van der Waals surface area contributed by atoms with E-state index in [9.17, 15) is 9.59 Å². The Kier molecular flexibility index (Phi) is 6.49. The van der Waals surface area contributed by atoms with Crippen molar-refractivity contribution in [1.82, 2.24) is 39.8 Å². The number of amides is 2. The maximum Gasteiger partial charge on any atom is 0.407 e. The number of aryl methyl sites for hydroxylation is 1. The Hall–Kier alpha value is -4.81. The number of nitrogens with zero attached hydrogens (tertiary/aromatic N) is 9. The number of anilines is 2. The zero-order valence-electron chi connectivity index (χ0n) is 21.8. The van der Waals surface area contributed by atoms with E-state index >= 15 is 0 Å². The van der Waals surface area contributed by atoms with Crippen LogP contribution in [-0.2, 0) is 24.9 Å². The Morgan fingerprint density at radius 2 is 2.05 bits per heavy atom. The number of carbonyl (C=O) groups excluding carboxylic acids is 2. The van der Waals surface area contributed by atoms with Crippen LogP contribution >= 0.6 is 0 Å². The molecule has 1 aliphatic heterocycles. The third-order valence-corrected chi connectivity index (χ3v) is 6.50. The van der Waals surface area contributed by atoms with Crippen LogP contribution in [0.5, 0.6) is 0 Å². The molecule has 13 nitrogen and oxygen atoms in total. The van der Waals surface area contributed by atoms with Crippen LogP contribution in [0.3, 0.4) is 0 Å². The first-order valence-corrected chi connectivity index (χ1v) is 12.1. The lowest BCUT2D eigenvalue weighted by molar-refractivity contribution is 0.0996. The molecule has 0 spiro atoms. The predicted molar refractivity (Wildman–Crippen MR) is 139 cm³/mol. The fourth-order valence-electron chi connectivity index (χ4n) is 4.19. The van der Waals surface area contributed by atoms with Gasteiger partial charge in [-0.1, -0.05) is 6.07 Å². The molecule has 4 aromatic heterocycles. The van der Waals surface area contributed by atoms with Gasteiger partial charge in [0.15, 0.2) is 5.82 Å². The molecular weight excluding hydrogens is 488 g/mol. The monoisotopic (exact) mass is 516 g/mol. The van der Waals surface area contributed by atoms with Crippen molar-refractivity contribution < 1.29 is 14.3 Å². The third-order valence-electron chi connectivity index (χ3n) is 6.50. The summed E-state index contributed by atoms with van der Waals surface area (Å²) in [5.41, 5.74) is 2.27. The molecule has 0 saturated heterocycles. The zero-order valence-corrected chi connectivity index (χ0v) is 21.8. The van der Waals surface area contributed by atoms with Crippen molar-refractivity contribution in [2.24, 2.45) is 7.05 Å². The Labute approximate surface area is 219 Å². The summed E-state index contributed by atoms with van der Waals surface area (Å²) in [6, 6.07) is 9.18. The second-order valence-electron chi connectivity index (χ2n) is 9.09. The van der Waals surface area contributed by atoms with Gasteiger partial charge in [0.2, 0.25) is 0 Å². The molecule has 13 heteroatoms. The molecule has 5 heterocycles. The molecule has 196 valence electrons. The van der Waals surface area contributed by atoms with Crippen molar-refractivity contribution in [3.05, 3.63) is 59.7 Å². The summed E-state index contributed by atoms with van der Waals surface area (Å²) in [4.78, 5) is 38.5. The lowest BCUT2D eigenvalue weighted by Crippen LogP contribution is -2.27. The van der Waals surface area contributed by atoms with Crippen LogP contribution in [0.1, 0.15) is 35.5 Å². The molecule has 0 saturated carbocycles. The highest BCUT2D eigenvalue weighted by atomic mass is 16.5. The molecule has 0 unspecified atom stereocenters. The van der Waals surface area contributed by atoms with Gasteiger partial charge < -0.3 is 15.0 Å². The number of pyridine rings is 2. The fourth-order valence-corrected chi connectivity index (χ4v) is 4.19. The van der Waals surface area contributed by atoms with Crippen LogP contribution in [0, 0.1) is 0 Å². The van der Waals surface area contributed by atoms with Gasteiger partial charge in [0, 0.05) is 38.8 Å². The molecule has 0 bridgehead atoms. The van der Waals surface area contributed by atoms with Crippen molar-refractivity contribution in [2.75, 3.05) is 23.9 Å². The highest BCUT2D eigenvalue weighted by molar-refractivity contribution is 6.10. The molecular formula is C25H28N10O3. The first kappa shape index (κ1) is 24.9. The maximum absolute atomic E-state index is 13.7. The average Bonchev–Trinajstić information content (AvgIpc) is 3.65. The van der Waals surface area contributed by atoms with Crippen LogP contribution in [0.2, 0.25) is 0 Å². The van der Waals surface area contributed by atoms with E-state index < -0.39 is 6.09 Å². The number of carbonyl (C=O) groups is 2. The van der Waals surface area contributed by atoms with E-state index in [0.29, 0.717) is 40.0 Å². The van der Waals surface area contributed by atoms with Crippen molar-refractivity contribution in [3.8, 4) is 17.3 Å². The summed E-state index contributed by atoms with van der Waals surface area (Å²) in [5.74, 6) is 2.16. The van der Waals surface area contributed by atoms with Gasteiger partial charge in [-0.15, -0.1) is 10.2 Å². The van der Waals surface area contributed by atoms with Crippen molar-refractivity contribution >= 4 is 23.6 Å². The van der Waals surface area contributed by atoms with Gasteiger partial charge in [0.1, 0.15) is 36.1 Å². The standard InChI is InChI=1S/C25H28N10O3/c1-15(2)32(4)21-11-16-17(19(30-21)13-38-25(37)26-3)12-34(24(16)36)20-8-6-7-18(29-20)23-31-27-14-35(23)22-9-10-28-33(22)5/h6-11,14-15H,12-13H2,1-5H3,(H,26,37). The summed E-state index contributed by atoms with van der Waals surface area (Å²) in [6.07, 6.45) is 2.71. The molecule has 0 atom stereocenters. The molecule has 4 aromatic rings. The number of fused-ring (bicyclic) bond motifs is 1.